The Labute approximate surface area is 130 Å². The van der Waals surface area contributed by atoms with Crippen LogP contribution in [-0.4, -0.2) is 31.2 Å². The van der Waals surface area contributed by atoms with E-state index in [2.05, 4.69) is 5.32 Å². The Hall–Kier alpha value is -2.24. The maximum Gasteiger partial charge on any atom is 0.305 e. The van der Waals surface area contributed by atoms with Crippen LogP contribution in [0.2, 0.25) is 0 Å². The number of methoxy groups -OCH3 is 2. The van der Waals surface area contributed by atoms with E-state index in [0.29, 0.717) is 23.5 Å². The van der Waals surface area contributed by atoms with Gasteiger partial charge in [-0.2, -0.15) is 0 Å². The van der Waals surface area contributed by atoms with Crippen LogP contribution in [-0.2, 0) is 9.59 Å². The lowest BCUT2D eigenvalue weighted by molar-refractivity contribution is -0.137. The van der Waals surface area contributed by atoms with Gasteiger partial charge in [0.2, 0.25) is 5.91 Å². The van der Waals surface area contributed by atoms with E-state index in [1.807, 2.05) is 13.8 Å². The number of hydrogen-bond acceptors (Lipinski definition) is 4. The van der Waals surface area contributed by atoms with Crippen LogP contribution >= 0.6 is 0 Å². The molecular formula is C16H23NO5. The van der Waals surface area contributed by atoms with E-state index in [1.54, 1.807) is 18.2 Å². The Bertz CT molecular complexity index is 529. The molecule has 22 heavy (non-hydrogen) atoms. The minimum absolute atomic E-state index is 0.163. The number of rotatable bonds is 8. The zero-order chi connectivity index (χ0) is 16.7. The molecule has 1 amide bonds. The van der Waals surface area contributed by atoms with E-state index in [-0.39, 0.29) is 18.2 Å². The molecule has 0 aliphatic carbocycles. The van der Waals surface area contributed by atoms with Gasteiger partial charge in [-0.3, -0.25) is 9.59 Å². The van der Waals surface area contributed by atoms with Crippen molar-refractivity contribution in [3.8, 4) is 11.5 Å². The highest BCUT2D eigenvalue weighted by atomic mass is 16.5. The fraction of sp³-hybridized carbons (Fsp3) is 0.500. The maximum atomic E-state index is 12.1. The Balaban J connectivity index is 3.06. The second kappa shape index (κ2) is 8.26. The van der Waals surface area contributed by atoms with E-state index in [9.17, 15) is 9.59 Å². The Morgan fingerprint density at radius 3 is 2.36 bits per heavy atom. The number of amides is 1. The minimum atomic E-state index is -0.982. The molecule has 1 aromatic rings. The van der Waals surface area contributed by atoms with Crippen LogP contribution in [0.1, 0.15) is 38.3 Å². The van der Waals surface area contributed by atoms with Gasteiger partial charge in [0.25, 0.3) is 0 Å². The highest BCUT2D eigenvalue weighted by Crippen LogP contribution is 2.31. The van der Waals surface area contributed by atoms with Gasteiger partial charge in [0.1, 0.15) is 0 Å². The molecule has 0 saturated carbocycles. The van der Waals surface area contributed by atoms with Gasteiger partial charge < -0.3 is 19.9 Å². The third kappa shape index (κ3) is 4.65. The molecule has 0 heterocycles. The molecule has 0 radical (unpaired) electrons. The van der Waals surface area contributed by atoms with Gasteiger partial charge in [-0.05, 0) is 24.1 Å². The van der Waals surface area contributed by atoms with Crippen molar-refractivity contribution >= 4 is 11.9 Å². The number of aliphatic carboxylic acids is 1. The van der Waals surface area contributed by atoms with Crippen LogP contribution in [0.3, 0.4) is 0 Å². The first kappa shape index (κ1) is 17.8. The SMILES string of the molecule is CCC(C)C(=O)NC(CC(=O)O)c1ccc(OC)c(OC)c1. The number of hydrogen-bond donors (Lipinski definition) is 2. The number of carboxylic acids is 1. The van der Waals surface area contributed by atoms with Crippen molar-refractivity contribution in [3.05, 3.63) is 23.8 Å². The van der Waals surface area contributed by atoms with Crippen LogP contribution in [0.15, 0.2) is 18.2 Å². The van der Waals surface area contributed by atoms with Gasteiger partial charge in [0.15, 0.2) is 11.5 Å². The zero-order valence-corrected chi connectivity index (χ0v) is 13.4. The molecule has 6 heteroatoms. The smallest absolute Gasteiger partial charge is 0.305 e. The van der Waals surface area contributed by atoms with Crippen LogP contribution in [0, 0.1) is 5.92 Å². The van der Waals surface area contributed by atoms with Crippen molar-refractivity contribution in [1.82, 2.24) is 5.32 Å². The largest absolute Gasteiger partial charge is 0.493 e. The predicted octanol–water partition coefficient (Wildman–Crippen LogP) is 2.38. The minimum Gasteiger partial charge on any atom is -0.493 e. The number of carbonyl (C=O) groups excluding carboxylic acids is 1. The Morgan fingerprint density at radius 2 is 1.86 bits per heavy atom. The summed E-state index contributed by atoms with van der Waals surface area (Å²) in [6.07, 6.45) is 0.495. The van der Waals surface area contributed by atoms with Gasteiger partial charge in [-0.1, -0.05) is 19.9 Å². The molecule has 0 bridgehead atoms. The molecule has 0 aromatic heterocycles. The van der Waals surface area contributed by atoms with Crippen LogP contribution in [0.25, 0.3) is 0 Å². The van der Waals surface area contributed by atoms with Crippen molar-refractivity contribution in [1.29, 1.82) is 0 Å². The average molecular weight is 309 g/mol. The summed E-state index contributed by atoms with van der Waals surface area (Å²) in [5.74, 6) is -0.272. The highest BCUT2D eigenvalue weighted by Gasteiger charge is 2.21. The lowest BCUT2D eigenvalue weighted by Gasteiger charge is -2.21. The standard InChI is InChI=1S/C16H23NO5/c1-5-10(2)16(20)17-12(9-15(18)19)11-6-7-13(21-3)14(8-11)22-4/h6-8,10,12H,5,9H2,1-4H3,(H,17,20)(H,18,19). The third-order valence-electron chi connectivity index (χ3n) is 3.57. The van der Waals surface area contributed by atoms with Gasteiger partial charge >= 0.3 is 5.97 Å². The monoisotopic (exact) mass is 309 g/mol. The number of ether oxygens (including phenoxy) is 2. The zero-order valence-electron chi connectivity index (χ0n) is 13.4. The molecule has 0 aliphatic rings. The molecule has 2 N–H and O–H groups in total. The normalized spacial score (nSPS) is 13.1. The first-order valence-corrected chi connectivity index (χ1v) is 7.17. The van der Waals surface area contributed by atoms with Gasteiger partial charge in [0.05, 0.1) is 26.7 Å². The summed E-state index contributed by atoms with van der Waals surface area (Å²) in [5, 5.41) is 11.9. The quantitative estimate of drug-likeness (QED) is 0.770. The molecule has 0 spiro atoms. The van der Waals surface area contributed by atoms with Crippen LogP contribution in [0.5, 0.6) is 11.5 Å². The number of carboxylic acid groups (broad SMARTS) is 1. The van der Waals surface area contributed by atoms with Crippen molar-refractivity contribution in [2.24, 2.45) is 5.92 Å². The lowest BCUT2D eigenvalue weighted by atomic mass is 10.0. The van der Waals surface area contributed by atoms with E-state index in [1.165, 1.54) is 14.2 Å². The number of nitrogens with one attached hydrogen (secondary N) is 1. The Kier molecular flexibility index (Phi) is 6.69. The Morgan fingerprint density at radius 1 is 1.23 bits per heavy atom. The predicted molar refractivity (Wildman–Crippen MR) is 82.1 cm³/mol. The first-order valence-electron chi connectivity index (χ1n) is 7.17. The van der Waals surface area contributed by atoms with Crippen LogP contribution in [0.4, 0.5) is 0 Å². The van der Waals surface area contributed by atoms with Gasteiger partial charge in [-0.25, -0.2) is 0 Å². The summed E-state index contributed by atoms with van der Waals surface area (Å²) in [4.78, 5) is 23.1. The fourth-order valence-corrected chi connectivity index (χ4v) is 2.00. The van der Waals surface area contributed by atoms with E-state index in [4.69, 9.17) is 14.6 Å². The second-order valence-corrected chi connectivity index (χ2v) is 5.08. The molecule has 0 saturated heterocycles. The number of benzene rings is 1. The first-order chi connectivity index (χ1) is 10.4. The van der Waals surface area contributed by atoms with Gasteiger partial charge in [0, 0.05) is 5.92 Å². The average Bonchev–Trinajstić information content (AvgIpc) is 2.52. The molecule has 0 aliphatic heterocycles. The lowest BCUT2D eigenvalue weighted by Crippen LogP contribution is -2.33. The molecule has 6 nitrogen and oxygen atoms in total. The van der Waals surface area contributed by atoms with Crippen molar-refractivity contribution in [2.45, 2.75) is 32.7 Å². The van der Waals surface area contributed by atoms with Crippen molar-refractivity contribution in [2.75, 3.05) is 14.2 Å². The van der Waals surface area contributed by atoms with Crippen molar-refractivity contribution < 1.29 is 24.2 Å². The summed E-state index contributed by atoms with van der Waals surface area (Å²) in [6.45, 7) is 3.72. The third-order valence-corrected chi connectivity index (χ3v) is 3.57. The van der Waals surface area contributed by atoms with Crippen LogP contribution < -0.4 is 14.8 Å². The number of carbonyl (C=O) groups is 2. The molecule has 0 fully saturated rings. The topological polar surface area (TPSA) is 84.9 Å². The second-order valence-electron chi connectivity index (χ2n) is 5.08. The highest BCUT2D eigenvalue weighted by molar-refractivity contribution is 5.79. The summed E-state index contributed by atoms with van der Waals surface area (Å²) >= 11 is 0. The maximum absolute atomic E-state index is 12.1. The summed E-state index contributed by atoms with van der Waals surface area (Å²) < 4.78 is 10.4. The molecule has 2 unspecified atom stereocenters. The van der Waals surface area contributed by atoms with E-state index in [0.717, 1.165) is 0 Å². The van der Waals surface area contributed by atoms with Gasteiger partial charge in [-0.15, -0.1) is 0 Å². The molecule has 122 valence electrons. The molecule has 2 atom stereocenters. The van der Waals surface area contributed by atoms with Crippen molar-refractivity contribution in [3.63, 3.8) is 0 Å². The summed E-state index contributed by atoms with van der Waals surface area (Å²) in [5.41, 5.74) is 0.664. The van der Waals surface area contributed by atoms with E-state index >= 15 is 0 Å². The summed E-state index contributed by atoms with van der Waals surface area (Å²) in [6, 6.07) is 4.49. The molecular weight excluding hydrogens is 286 g/mol. The fourth-order valence-electron chi connectivity index (χ4n) is 2.00. The molecule has 1 rings (SSSR count). The van der Waals surface area contributed by atoms with E-state index < -0.39 is 12.0 Å². The summed E-state index contributed by atoms with van der Waals surface area (Å²) in [7, 11) is 3.03. The molecule has 1 aromatic carbocycles.